The third-order valence-electron chi connectivity index (χ3n) is 0.877. The average Bonchev–Trinajstić information content (AvgIpc) is 2.05. The first-order chi connectivity index (χ1) is 5.35. The van der Waals surface area contributed by atoms with E-state index in [1.54, 1.807) is 24.4 Å². The van der Waals surface area contributed by atoms with Crippen molar-refractivity contribution in [2.75, 3.05) is 6.54 Å². The van der Waals surface area contributed by atoms with E-state index in [2.05, 4.69) is 29.7 Å². The maximum atomic E-state index is 4.03. The normalized spacial score (nSPS) is 11.5. The van der Waals surface area contributed by atoms with Crippen molar-refractivity contribution in [2.45, 2.75) is 0 Å². The van der Waals surface area contributed by atoms with Crippen LogP contribution in [0.4, 0.5) is 0 Å². The summed E-state index contributed by atoms with van der Waals surface area (Å²) in [6.07, 6.45) is 6.45. The highest BCUT2D eigenvalue weighted by Crippen LogP contribution is 1.83. The Balaban J connectivity index is 4.13. The number of rotatable bonds is 4. The van der Waals surface area contributed by atoms with Crippen LogP contribution in [0.15, 0.2) is 47.9 Å². The Labute approximate surface area is 67.4 Å². The molecule has 0 aliphatic heterocycles. The van der Waals surface area contributed by atoms with Crippen molar-refractivity contribution in [2.24, 2.45) is 9.98 Å². The zero-order chi connectivity index (χ0) is 8.53. The highest BCUT2D eigenvalue weighted by molar-refractivity contribution is 5.99. The molecule has 2 nitrogen and oxygen atoms in total. The summed E-state index contributed by atoms with van der Waals surface area (Å²) in [6, 6.07) is 0. The number of hydrogen-bond acceptors (Lipinski definition) is 1. The monoisotopic (exact) mass is 148 g/mol. The van der Waals surface area contributed by atoms with E-state index in [0.29, 0.717) is 12.4 Å². The summed E-state index contributed by atoms with van der Waals surface area (Å²) in [5, 5.41) is 0. The lowest BCUT2D eigenvalue weighted by Gasteiger charge is -1.88. The van der Waals surface area contributed by atoms with Crippen molar-refractivity contribution in [3.63, 3.8) is 0 Å². The van der Waals surface area contributed by atoms with Gasteiger partial charge < -0.3 is 0 Å². The Hall–Kier alpha value is -1.44. The van der Waals surface area contributed by atoms with Crippen LogP contribution in [-0.4, -0.2) is 18.6 Å². The minimum absolute atomic E-state index is 0.565. The molecule has 0 aromatic heterocycles. The molecule has 0 radical (unpaired) electrons. The van der Waals surface area contributed by atoms with Gasteiger partial charge in [-0.05, 0) is 6.08 Å². The molecule has 0 saturated carbocycles. The summed E-state index contributed by atoms with van der Waals surface area (Å²) in [6.45, 7) is 11.1. The first kappa shape index (κ1) is 9.56. The third-order valence-corrected chi connectivity index (χ3v) is 0.877. The van der Waals surface area contributed by atoms with Crippen LogP contribution in [0, 0.1) is 0 Å². The smallest absolute Gasteiger partial charge is 0.146 e. The highest BCUT2D eigenvalue weighted by atomic mass is 14.9. The molecule has 0 aliphatic carbocycles. The van der Waals surface area contributed by atoms with Gasteiger partial charge in [0.25, 0.3) is 0 Å². The van der Waals surface area contributed by atoms with Crippen molar-refractivity contribution in [1.29, 1.82) is 0 Å². The molecule has 0 amide bonds. The first-order valence-electron chi connectivity index (χ1n) is 3.28. The van der Waals surface area contributed by atoms with E-state index in [4.69, 9.17) is 0 Å². The van der Waals surface area contributed by atoms with Crippen LogP contribution in [0.1, 0.15) is 0 Å². The van der Waals surface area contributed by atoms with Crippen LogP contribution in [0.5, 0.6) is 0 Å². The van der Waals surface area contributed by atoms with Gasteiger partial charge in [-0.3, -0.25) is 4.99 Å². The first-order valence-corrected chi connectivity index (χ1v) is 3.28. The maximum Gasteiger partial charge on any atom is 0.146 e. The van der Waals surface area contributed by atoms with E-state index in [-0.39, 0.29) is 0 Å². The summed E-state index contributed by atoms with van der Waals surface area (Å²) in [5.41, 5.74) is 0. The van der Waals surface area contributed by atoms with Gasteiger partial charge in [-0.2, -0.15) is 0 Å². The molecule has 0 aliphatic rings. The van der Waals surface area contributed by atoms with Gasteiger partial charge in [0.15, 0.2) is 0 Å². The summed E-state index contributed by atoms with van der Waals surface area (Å²) in [7, 11) is 0. The number of hydrogen-bond donors (Lipinski definition) is 0. The predicted octanol–water partition coefficient (Wildman–Crippen LogP) is 2.01. The summed E-state index contributed by atoms with van der Waals surface area (Å²) in [4.78, 5) is 7.97. The van der Waals surface area contributed by atoms with Crippen LogP contribution < -0.4 is 0 Å². The molecule has 0 fully saturated rings. The number of amidine groups is 1. The van der Waals surface area contributed by atoms with Gasteiger partial charge in [-0.1, -0.05) is 25.3 Å². The Morgan fingerprint density at radius 3 is 2.45 bits per heavy atom. The Bertz CT molecular complexity index is 200. The molecule has 0 atom stereocenters. The van der Waals surface area contributed by atoms with E-state index >= 15 is 0 Å². The van der Waals surface area contributed by atoms with Crippen molar-refractivity contribution in [3.05, 3.63) is 38.0 Å². The molecule has 0 aromatic carbocycles. The third kappa shape index (κ3) is 5.03. The quantitative estimate of drug-likeness (QED) is 0.331. The molecule has 0 N–H and O–H groups in total. The Kier molecular flexibility index (Phi) is 5.80. The van der Waals surface area contributed by atoms with Crippen molar-refractivity contribution >= 4 is 12.1 Å². The highest BCUT2D eigenvalue weighted by Gasteiger charge is 1.82. The van der Waals surface area contributed by atoms with Gasteiger partial charge in [0.2, 0.25) is 0 Å². The van der Waals surface area contributed by atoms with Gasteiger partial charge in [0.05, 0.1) is 6.54 Å². The van der Waals surface area contributed by atoms with Gasteiger partial charge in [0.1, 0.15) is 5.84 Å². The van der Waals surface area contributed by atoms with Gasteiger partial charge >= 0.3 is 0 Å². The summed E-state index contributed by atoms with van der Waals surface area (Å²) in [5.74, 6) is 0.602. The molecule has 0 rings (SSSR count). The summed E-state index contributed by atoms with van der Waals surface area (Å²) >= 11 is 0. The molecular weight excluding hydrogens is 136 g/mol. The number of allylic oxidation sites excluding steroid dienone is 1. The fourth-order valence-electron chi connectivity index (χ4n) is 0.445. The average molecular weight is 148 g/mol. The van der Waals surface area contributed by atoms with Crippen LogP contribution in [0.25, 0.3) is 0 Å². The number of aliphatic imine (C=N–C) groups is 2. The van der Waals surface area contributed by atoms with Gasteiger partial charge in [-0.25, -0.2) is 4.99 Å². The predicted molar refractivity (Wildman–Crippen MR) is 51.4 cm³/mol. The van der Waals surface area contributed by atoms with Crippen LogP contribution in [-0.2, 0) is 0 Å². The fourth-order valence-corrected chi connectivity index (χ4v) is 0.445. The van der Waals surface area contributed by atoms with Crippen molar-refractivity contribution < 1.29 is 0 Å². The molecule has 0 spiro atoms. The zero-order valence-corrected chi connectivity index (χ0v) is 6.53. The lowest BCUT2D eigenvalue weighted by molar-refractivity contribution is 1.24. The minimum Gasteiger partial charge on any atom is -0.263 e. The molecule has 0 unspecified atom stereocenters. The van der Waals surface area contributed by atoms with Crippen molar-refractivity contribution in [1.82, 2.24) is 0 Å². The fraction of sp³-hybridized carbons (Fsp3) is 0.111. The van der Waals surface area contributed by atoms with E-state index in [0.717, 1.165) is 0 Å². The second kappa shape index (κ2) is 6.68. The van der Waals surface area contributed by atoms with Crippen LogP contribution in [0.3, 0.4) is 0 Å². The Morgan fingerprint density at radius 2 is 2.00 bits per heavy atom. The van der Waals surface area contributed by atoms with E-state index < -0.39 is 0 Å². The topological polar surface area (TPSA) is 24.7 Å². The largest absolute Gasteiger partial charge is 0.263 e. The molecule has 0 bridgehead atoms. The molecule has 2 heteroatoms. The minimum atomic E-state index is 0.565. The van der Waals surface area contributed by atoms with Crippen molar-refractivity contribution in [3.8, 4) is 0 Å². The van der Waals surface area contributed by atoms with Gasteiger partial charge in [0, 0.05) is 6.21 Å². The van der Waals surface area contributed by atoms with E-state index in [1.807, 2.05) is 0 Å². The standard InChI is InChI=1S/C9H12N2/c1-4-7-10-9(6-3)11-8-5-2/h4-7H,1-3,8H2. The molecule has 0 saturated heterocycles. The SMILES string of the molecule is C=CC=NC(C=C)=NCC=C. The lowest BCUT2D eigenvalue weighted by Crippen LogP contribution is -1.88. The number of nitrogens with zero attached hydrogens (tertiary/aromatic N) is 2. The molecule has 58 valence electrons. The van der Waals surface area contributed by atoms with E-state index in [1.165, 1.54) is 0 Å². The van der Waals surface area contributed by atoms with Crippen LogP contribution >= 0.6 is 0 Å². The molecule has 11 heavy (non-hydrogen) atoms. The second-order valence-corrected chi connectivity index (χ2v) is 1.71. The zero-order valence-electron chi connectivity index (χ0n) is 6.53. The Morgan fingerprint density at radius 1 is 1.27 bits per heavy atom. The molecular formula is C9H12N2. The molecule has 0 aromatic rings. The van der Waals surface area contributed by atoms with E-state index in [9.17, 15) is 0 Å². The molecule has 0 heterocycles. The maximum absolute atomic E-state index is 4.03. The van der Waals surface area contributed by atoms with Gasteiger partial charge in [-0.15, -0.1) is 6.58 Å². The second-order valence-electron chi connectivity index (χ2n) is 1.71. The summed E-state index contributed by atoms with van der Waals surface area (Å²) < 4.78 is 0. The lowest BCUT2D eigenvalue weighted by atomic mass is 10.5. The van der Waals surface area contributed by atoms with Crippen LogP contribution in [0.2, 0.25) is 0 Å².